The van der Waals surface area contributed by atoms with E-state index in [1.807, 2.05) is 36.4 Å². The molecule has 1 N–H and O–H groups in total. The molecule has 0 aromatic heterocycles. The molecule has 0 heterocycles. The molecule has 3 rings (SSSR count). The summed E-state index contributed by atoms with van der Waals surface area (Å²) in [6.45, 7) is 1.45. The van der Waals surface area contributed by atoms with E-state index in [-0.39, 0.29) is 6.04 Å². The van der Waals surface area contributed by atoms with Gasteiger partial charge in [-0.3, -0.25) is 4.90 Å². The van der Waals surface area contributed by atoms with E-state index in [0.29, 0.717) is 6.42 Å². The quantitative estimate of drug-likeness (QED) is 0.904. The molecule has 0 amide bonds. The fourth-order valence-corrected chi connectivity index (χ4v) is 3.43. The van der Waals surface area contributed by atoms with Crippen molar-refractivity contribution in [3.63, 3.8) is 0 Å². The molecular formula is C20H24FNO. The van der Waals surface area contributed by atoms with E-state index in [2.05, 4.69) is 29.2 Å². The Bertz CT molecular complexity index is 548. The number of aliphatic hydroxyl groups is 1. The second-order valence-electron chi connectivity index (χ2n) is 6.38. The predicted octanol–water partition coefficient (Wildman–Crippen LogP) is 3.94. The lowest BCUT2D eigenvalue weighted by Gasteiger charge is -2.39. The first-order chi connectivity index (χ1) is 11.2. The van der Waals surface area contributed by atoms with Gasteiger partial charge in [0, 0.05) is 19.1 Å². The molecule has 122 valence electrons. The van der Waals surface area contributed by atoms with Gasteiger partial charge in [-0.2, -0.15) is 0 Å². The van der Waals surface area contributed by atoms with Crippen molar-refractivity contribution in [3.8, 4) is 0 Å². The lowest BCUT2D eigenvalue weighted by Crippen LogP contribution is -2.49. The molecule has 2 nitrogen and oxygen atoms in total. The van der Waals surface area contributed by atoms with Crippen LogP contribution in [0.1, 0.15) is 30.4 Å². The average molecular weight is 313 g/mol. The van der Waals surface area contributed by atoms with Crippen molar-refractivity contribution < 1.29 is 9.50 Å². The van der Waals surface area contributed by atoms with Gasteiger partial charge in [0.2, 0.25) is 0 Å². The highest BCUT2D eigenvalue weighted by Gasteiger charge is 2.35. The standard InChI is InChI=1S/C20H24FNO/c21-18-12-7-13-19(20(18)23)22(14-16-8-3-1-4-9-16)15-17-10-5-2-6-11-17/h1-6,8-11,18-20,23H,7,12-15H2/t18-,19+,20+/m0/s1. The Labute approximate surface area is 137 Å². The largest absolute Gasteiger partial charge is 0.388 e. The summed E-state index contributed by atoms with van der Waals surface area (Å²) in [4.78, 5) is 2.22. The van der Waals surface area contributed by atoms with Crippen molar-refractivity contribution in [2.45, 2.75) is 50.7 Å². The van der Waals surface area contributed by atoms with Crippen LogP contribution in [0.15, 0.2) is 60.7 Å². The first kappa shape index (κ1) is 16.2. The highest BCUT2D eigenvalue weighted by Crippen LogP contribution is 2.28. The highest BCUT2D eigenvalue weighted by atomic mass is 19.1. The third kappa shape index (κ3) is 4.18. The van der Waals surface area contributed by atoms with E-state index >= 15 is 0 Å². The number of hydrogen-bond donors (Lipinski definition) is 1. The maximum absolute atomic E-state index is 14.0. The summed E-state index contributed by atoms with van der Waals surface area (Å²) in [5.41, 5.74) is 2.38. The van der Waals surface area contributed by atoms with Gasteiger partial charge < -0.3 is 5.11 Å². The molecular weight excluding hydrogens is 289 g/mol. The number of benzene rings is 2. The van der Waals surface area contributed by atoms with Gasteiger partial charge in [-0.05, 0) is 30.4 Å². The third-order valence-corrected chi connectivity index (χ3v) is 4.67. The predicted molar refractivity (Wildman–Crippen MR) is 90.7 cm³/mol. The molecule has 0 bridgehead atoms. The van der Waals surface area contributed by atoms with Gasteiger partial charge >= 0.3 is 0 Å². The molecule has 0 saturated heterocycles. The van der Waals surface area contributed by atoms with E-state index in [1.54, 1.807) is 0 Å². The fraction of sp³-hybridized carbons (Fsp3) is 0.400. The van der Waals surface area contributed by atoms with E-state index in [0.717, 1.165) is 25.9 Å². The molecule has 0 spiro atoms. The van der Waals surface area contributed by atoms with Crippen molar-refractivity contribution in [1.82, 2.24) is 4.90 Å². The van der Waals surface area contributed by atoms with Gasteiger partial charge in [0.05, 0.1) is 0 Å². The van der Waals surface area contributed by atoms with Gasteiger partial charge in [0.1, 0.15) is 12.3 Å². The average Bonchev–Trinajstić information content (AvgIpc) is 2.59. The molecule has 0 aliphatic heterocycles. The summed E-state index contributed by atoms with van der Waals surface area (Å²) in [7, 11) is 0. The van der Waals surface area contributed by atoms with Gasteiger partial charge in [0.25, 0.3) is 0 Å². The number of alkyl halides is 1. The van der Waals surface area contributed by atoms with Crippen molar-refractivity contribution >= 4 is 0 Å². The maximum atomic E-state index is 14.0. The van der Waals surface area contributed by atoms with Gasteiger partial charge in [-0.25, -0.2) is 4.39 Å². The monoisotopic (exact) mass is 313 g/mol. The molecule has 0 radical (unpaired) electrons. The minimum absolute atomic E-state index is 0.126. The molecule has 1 aliphatic rings. The van der Waals surface area contributed by atoms with Gasteiger partial charge in [-0.1, -0.05) is 60.7 Å². The second-order valence-corrected chi connectivity index (χ2v) is 6.38. The number of rotatable bonds is 5. The van der Waals surface area contributed by atoms with Crippen LogP contribution in [0.25, 0.3) is 0 Å². The number of aliphatic hydroxyl groups excluding tert-OH is 1. The molecule has 1 fully saturated rings. The Morgan fingerprint density at radius 1 is 0.870 bits per heavy atom. The number of halogens is 1. The zero-order chi connectivity index (χ0) is 16.1. The molecule has 2 aromatic carbocycles. The van der Waals surface area contributed by atoms with Gasteiger partial charge in [0.15, 0.2) is 0 Å². The molecule has 2 aromatic rings. The topological polar surface area (TPSA) is 23.5 Å². The summed E-state index contributed by atoms with van der Waals surface area (Å²) in [6, 6.07) is 20.3. The lowest BCUT2D eigenvalue weighted by atomic mass is 9.89. The Balaban J connectivity index is 1.80. The summed E-state index contributed by atoms with van der Waals surface area (Å²) < 4.78 is 14.0. The van der Waals surface area contributed by atoms with E-state index in [4.69, 9.17) is 0 Å². The number of hydrogen-bond acceptors (Lipinski definition) is 2. The molecule has 3 heteroatoms. The molecule has 23 heavy (non-hydrogen) atoms. The second kappa shape index (κ2) is 7.71. The fourth-order valence-electron chi connectivity index (χ4n) is 3.43. The first-order valence-electron chi connectivity index (χ1n) is 8.38. The van der Waals surface area contributed by atoms with Gasteiger partial charge in [-0.15, -0.1) is 0 Å². The Hall–Kier alpha value is -1.71. The summed E-state index contributed by atoms with van der Waals surface area (Å²) in [5.74, 6) is 0. The lowest BCUT2D eigenvalue weighted by molar-refractivity contribution is -0.0370. The van der Waals surface area contributed by atoms with Crippen LogP contribution in [-0.4, -0.2) is 28.3 Å². The highest BCUT2D eigenvalue weighted by molar-refractivity contribution is 5.17. The van der Waals surface area contributed by atoms with Crippen LogP contribution in [0.5, 0.6) is 0 Å². The molecule has 0 unspecified atom stereocenters. The van der Waals surface area contributed by atoms with Crippen molar-refractivity contribution in [2.75, 3.05) is 0 Å². The normalized spacial score (nSPS) is 24.7. The smallest absolute Gasteiger partial charge is 0.127 e. The minimum atomic E-state index is -1.11. The van der Waals surface area contributed by atoms with E-state index in [1.165, 1.54) is 11.1 Å². The van der Waals surface area contributed by atoms with Crippen LogP contribution >= 0.6 is 0 Å². The van der Waals surface area contributed by atoms with E-state index in [9.17, 15) is 9.50 Å². The Morgan fingerprint density at radius 3 is 1.91 bits per heavy atom. The molecule has 1 saturated carbocycles. The van der Waals surface area contributed by atoms with Crippen LogP contribution in [0.4, 0.5) is 4.39 Å². The third-order valence-electron chi connectivity index (χ3n) is 4.67. The first-order valence-corrected chi connectivity index (χ1v) is 8.38. The zero-order valence-electron chi connectivity index (χ0n) is 13.3. The molecule has 3 atom stereocenters. The van der Waals surface area contributed by atoms with Crippen LogP contribution in [0, 0.1) is 0 Å². The van der Waals surface area contributed by atoms with E-state index < -0.39 is 12.3 Å². The van der Waals surface area contributed by atoms with Crippen molar-refractivity contribution in [1.29, 1.82) is 0 Å². The SMILES string of the molecule is O[C@H]1[C@H](N(Cc2ccccc2)Cc2ccccc2)CCC[C@@H]1F. The minimum Gasteiger partial charge on any atom is -0.388 e. The Morgan fingerprint density at radius 2 is 1.39 bits per heavy atom. The maximum Gasteiger partial charge on any atom is 0.127 e. The number of nitrogens with zero attached hydrogens (tertiary/aromatic N) is 1. The summed E-state index contributed by atoms with van der Waals surface area (Å²) >= 11 is 0. The van der Waals surface area contributed by atoms with Crippen LogP contribution in [0.3, 0.4) is 0 Å². The molecule has 1 aliphatic carbocycles. The van der Waals surface area contributed by atoms with Crippen LogP contribution in [0.2, 0.25) is 0 Å². The van der Waals surface area contributed by atoms with Crippen LogP contribution in [-0.2, 0) is 13.1 Å². The zero-order valence-corrected chi connectivity index (χ0v) is 13.3. The van der Waals surface area contributed by atoms with Crippen molar-refractivity contribution in [2.24, 2.45) is 0 Å². The van der Waals surface area contributed by atoms with Crippen molar-refractivity contribution in [3.05, 3.63) is 71.8 Å². The summed E-state index contributed by atoms with van der Waals surface area (Å²) in [5, 5.41) is 10.3. The van der Waals surface area contributed by atoms with Crippen LogP contribution < -0.4 is 0 Å². The summed E-state index contributed by atoms with van der Waals surface area (Å²) in [6.07, 6.45) is 0.158. The Kier molecular flexibility index (Phi) is 5.42.